The van der Waals surface area contributed by atoms with Gasteiger partial charge in [-0.15, -0.1) is 0 Å². The largest absolute Gasteiger partial charge is 0.453 e. The zero-order valence-electron chi connectivity index (χ0n) is 31.7. The topological polar surface area (TPSA) is 189 Å². The molecule has 14 heteroatoms. The quantitative estimate of drug-likeness (QED) is 0.119. The molecule has 5 atom stereocenters. The van der Waals surface area contributed by atoms with Crippen LogP contribution in [0.2, 0.25) is 0 Å². The minimum Gasteiger partial charge on any atom is -0.453 e. The lowest BCUT2D eigenvalue weighted by atomic mass is 10.0. The van der Waals surface area contributed by atoms with Crippen LogP contribution in [0.3, 0.4) is 0 Å². The molecule has 57 heavy (non-hydrogen) atoms. The molecule has 294 valence electrons. The number of H-pyrrole nitrogens is 2. The van der Waals surface area contributed by atoms with Crippen molar-refractivity contribution in [2.45, 2.75) is 69.2 Å². The number of nitrogens with zero attached hydrogens (tertiary/aromatic N) is 4. The molecule has 0 radical (unpaired) electrons. The highest BCUT2D eigenvalue weighted by Gasteiger charge is 2.40. The number of likely N-dealkylation sites (tertiary alicyclic amines) is 2. The highest BCUT2D eigenvalue weighted by molar-refractivity contribution is 5.85. The number of aromatic nitrogens is 4. The monoisotopic (exact) mass is 770 g/mol. The van der Waals surface area contributed by atoms with E-state index in [1.165, 1.54) is 7.11 Å². The Hall–Kier alpha value is -6.44. The van der Waals surface area contributed by atoms with E-state index >= 15 is 0 Å². The summed E-state index contributed by atoms with van der Waals surface area (Å²) in [6, 6.07) is 25.0. The van der Waals surface area contributed by atoms with Gasteiger partial charge in [0.2, 0.25) is 12.0 Å². The average Bonchev–Trinajstić information content (AvgIpc) is 4.09. The Balaban J connectivity index is 0.902. The van der Waals surface area contributed by atoms with E-state index in [1.807, 2.05) is 29.3 Å². The molecule has 2 unspecified atom stereocenters. The lowest BCUT2D eigenvalue weighted by Gasteiger charge is -2.27. The predicted molar refractivity (Wildman–Crippen MR) is 211 cm³/mol. The van der Waals surface area contributed by atoms with Gasteiger partial charge in [0.1, 0.15) is 11.6 Å². The highest BCUT2D eigenvalue weighted by Crippen LogP contribution is 2.38. The Morgan fingerprint density at radius 2 is 1.28 bits per heavy atom. The summed E-state index contributed by atoms with van der Waals surface area (Å²) in [5, 5.41) is 2.84. The maximum absolute atomic E-state index is 13.7. The van der Waals surface area contributed by atoms with Crippen LogP contribution < -0.4 is 11.1 Å². The molecule has 0 spiro atoms. The number of alkyl carbamates (subject to hydrolysis) is 1. The number of ether oxygens (including phenoxy) is 2. The number of amides is 4. The summed E-state index contributed by atoms with van der Waals surface area (Å²) in [7, 11) is 1.35. The van der Waals surface area contributed by atoms with Crippen molar-refractivity contribution in [3.05, 3.63) is 108 Å². The van der Waals surface area contributed by atoms with Gasteiger partial charge in [-0.3, -0.25) is 9.59 Å². The van der Waals surface area contributed by atoms with Crippen LogP contribution in [0.4, 0.5) is 9.59 Å². The molecule has 1 saturated carbocycles. The molecule has 2 aromatic heterocycles. The van der Waals surface area contributed by atoms with Gasteiger partial charge >= 0.3 is 12.2 Å². The second kappa shape index (κ2) is 16.3. The summed E-state index contributed by atoms with van der Waals surface area (Å²) in [5.74, 6) is 1.15. The van der Waals surface area contributed by atoms with Gasteiger partial charge in [0.05, 0.1) is 43.0 Å². The molecule has 3 aromatic carbocycles. The number of nitrogens with two attached hydrogens (primary N) is 1. The third-order valence-corrected chi connectivity index (χ3v) is 11.5. The van der Waals surface area contributed by atoms with Gasteiger partial charge in [-0.1, -0.05) is 78.9 Å². The van der Waals surface area contributed by atoms with Gasteiger partial charge in [-0.05, 0) is 67.2 Å². The van der Waals surface area contributed by atoms with E-state index in [9.17, 15) is 19.2 Å². The molecule has 3 aliphatic rings. The number of methoxy groups -OCH3 is 1. The molecule has 5 aromatic rings. The molecule has 5 N–H and O–H groups in total. The van der Waals surface area contributed by atoms with Gasteiger partial charge < -0.3 is 40.3 Å². The number of nitrogens with one attached hydrogen (secondary N) is 3. The highest BCUT2D eigenvalue weighted by atomic mass is 16.6. The second-order valence-electron chi connectivity index (χ2n) is 15.0. The summed E-state index contributed by atoms with van der Waals surface area (Å²) < 4.78 is 10.0. The van der Waals surface area contributed by atoms with E-state index in [1.54, 1.807) is 35.4 Å². The van der Waals surface area contributed by atoms with E-state index < -0.39 is 18.3 Å². The molecule has 14 nitrogen and oxygen atoms in total. The summed E-state index contributed by atoms with van der Waals surface area (Å²) in [6.07, 6.45) is 6.44. The first-order valence-corrected chi connectivity index (χ1v) is 19.5. The minimum absolute atomic E-state index is 0.0466. The molecule has 8 rings (SSSR count). The normalized spacial score (nSPS) is 21.0. The molecule has 3 fully saturated rings. The molecule has 4 heterocycles. The van der Waals surface area contributed by atoms with Crippen LogP contribution in [0.15, 0.2) is 91.3 Å². The maximum Gasteiger partial charge on any atom is 0.407 e. The van der Waals surface area contributed by atoms with Crippen molar-refractivity contribution in [2.24, 2.45) is 11.7 Å². The minimum atomic E-state index is -1.13. The average molecular weight is 771 g/mol. The Bertz CT molecular complexity index is 2220. The number of aromatic amines is 2. The van der Waals surface area contributed by atoms with Gasteiger partial charge in [-0.25, -0.2) is 19.6 Å². The summed E-state index contributed by atoms with van der Waals surface area (Å²) in [6.45, 7) is 1.21. The number of carbonyl (C=O) groups is 4. The zero-order valence-corrected chi connectivity index (χ0v) is 31.7. The first-order chi connectivity index (χ1) is 27.7. The van der Waals surface area contributed by atoms with Crippen LogP contribution in [0.25, 0.3) is 33.6 Å². The second-order valence-corrected chi connectivity index (χ2v) is 15.0. The van der Waals surface area contributed by atoms with Crippen LogP contribution in [-0.2, 0) is 19.1 Å². The van der Waals surface area contributed by atoms with Crippen molar-refractivity contribution < 1.29 is 28.7 Å². The van der Waals surface area contributed by atoms with Gasteiger partial charge in [-0.2, -0.15) is 0 Å². The van der Waals surface area contributed by atoms with Crippen molar-refractivity contribution in [1.82, 2.24) is 35.1 Å². The summed E-state index contributed by atoms with van der Waals surface area (Å²) >= 11 is 0. The Kier molecular flexibility index (Phi) is 10.7. The number of hydrogen-bond donors (Lipinski definition) is 4. The molecule has 2 aliphatic heterocycles. The van der Waals surface area contributed by atoms with Crippen LogP contribution in [0, 0.1) is 5.92 Å². The van der Waals surface area contributed by atoms with E-state index in [4.69, 9.17) is 20.2 Å². The summed E-state index contributed by atoms with van der Waals surface area (Å²) in [4.78, 5) is 70.6. The van der Waals surface area contributed by atoms with E-state index in [0.29, 0.717) is 30.9 Å². The van der Waals surface area contributed by atoms with Crippen molar-refractivity contribution >= 4 is 24.0 Å². The van der Waals surface area contributed by atoms with Crippen molar-refractivity contribution in [3.8, 4) is 33.6 Å². The van der Waals surface area contributed by atoms with Crippen LogP contribution >= 0.6 is 0 Å². The van der Waals surface area contributed by atoms with Crippen molar-refractivity contribution in [3.63, 3.8) is 0 Å². The Morgan fingerprint density at radius 1 is 0.737 bits per heavy atom. The number of imidazole rings is 2. The number of primary amides is 1. The standard InChI is InChI=1S/C43H46N8O6/c1-56-43(55)47-32-20-19-31(23-32)40(52)50-21-5-9-35(50)38-45-24-33(48-38)28-15-11-26(12-16-28)27-13-17-29(18-14-27)34-25-46-39(49-34)36-10-6-22-51(36)41(53)37(57-42(44)54)30-7-3-2-4-8-30/h2-4,7-8,11-18,24-25,31-32,35-37H,5-6,9-10,19-23H2,1H3,(H2,44,54)(H,45,48)(H,46,49)(H,47,55)/t31?,32-,35?,36+,37-/m1/s1. The van der Waals surface area contributed by atoms with Crippen LogP contribution in [0.5, 0.6) is 0 Å². The zero-order chi connectivity index (χ0) is 39.5. The van der Waals surface area contributed by atoms with E-state index in [0.717, 1.165) is 78.0 Å². The van der Waals surface area contributed by atoms with Crippen LogP contribution in [0.1, 0.15) is 80.3 Å². The van der Waals surface area contributed by atoms with E-state index in [2.05, 4.69) is 56.7 Å². The molecule has 4 amide bonds. The lowest BCUT2D eigenvalue weighted by Crippen LogP contribution is -2.37. The molecule has 2 saturated heterocycles. The van der Waals surface area contributed by atoms with Gasteiger partial charge in [0, 0.05) is 30.6 Å². The van der Waals surface area contributed by atoms with Crippen molar-refractivity contribution in [1.29, 1.82) is 0 Å². The molecule has 1 aliphatic carbocycles. The Morgan fingerprint density at radius 3 is 1.84 bits per heavy atom. The molecular formula is C43H46N8O6. The molecule has 0 bridgehead atoms. The van der Waals surface area contributed by atoms with E-state index in [-0.39, 0.29) is 35.9 Å². The number of rotatable bonds is 10. The number of hydrogen-bond acceptors (Lipinski definition) is 8. The third-order valence-electron chi connectivity index (χ3n) is 11.5. The van der Waals surface area contributed by atoms with Crippen molar-refractivity contribution in [2.75, 3.05) is 20.2 Å². The molecular weight excluding hydrogens is 725 g/mol. The first kappa shape index (κ1) is 37.5. The SMILES string of the molecule is COC(=O)N[C@@H]1CCC(C(=O)N2CCCC2c2ncc(-c3ccc(-c4ccc(-c5cnc([C@@H]6CCCN6C(=O)[C@H](OC(N)=O)c6ccccc6)[nH]5)cc4)cc3)[nH]2)C1. The fraction of sp³-hybridized carbons (Fsp3) is 0.349. The lowest BCUT2D eigenvalue weighted by molar-refractivity contribution is -0.141. The fourth-order valence-corrected chi connectivity index (χ4v) is 8.57. The van der Waals surface area contributed by atoms with Gasteiger partial charge in [0.25, 0.3) is 5.91 Å². The number of benzene rings is 3. The maximum atomic E-state index is 13.7. The van der Waals surface area contributed by atoms with Gasteiger partial charge in [0.15, 0.2) is 0 Å². The first-order valence-electron chi connectivity index (χ1n) is 19.5. The summed E-state index contributed by atoms with van der Waals surface area (Å²) in [5.41, 5.74) is 11.7. The van der Waals surface area contributed by atoms with Crippen LogP contribution in [-0.4, -0.2) is 80.0 Å². The third kappa shape index (κ3) is 7.98. The predicted octanol–water partition coefficient (Wildman–Crippen LogP) is 6.82. The fourth-order valence-electron chi connectivity index (χ4n) is 8.57. The number of carbonyl (C=O) groups excluding carboxylic acids is 4. The smallest absolute Gasteiger partial charge is 0.407 e. The Labute approximate surface area is 330 Å².